The molecule has 398 valence electrons. The molecule has 0 atom stereocenters. The van der Waals surface area contributed by atoms with Crippen LogP contribution < -0.4 is 35.7 Å². The van der Waals surface area contributed by atoms with Gasteiger partial charge in [0.2, 0.25) is 0 Å². The summed E-state index contributed by atoms with van der Waals surface area (Å²) in [6.45, 7) is 23.8. The lowest BCUT2D eigenvalue weighted by molar-refractivity contribution is 0.172. The number of nitrogens with zero attached hydrogens (tertiary/aromatic N) is 2. The molecule has 6 heteroatoms. The number of aryl methyl sites for hydroxylation is 1. The van der Waals surface area contributed by atoms with Crippen LogP contribution in [0, 0.1) is 6.92 Å². The molecule has 0 N–H and O–H groups in total. The molecule has 0 saturated carbocycles. The van der Waals surface area contributed by atoms with E-state index in [1.807, 2.05) is 11.3 Å². The van der Waals surface area contributed by atoms with E-state index in [-0.39, 0.29) is 23.0 Å². The van der Waals surface area contributed by atoms with E-state index in [4.69, 9.17) is 9.47 Å². The topological polar surface area (TPSA) is 24.9 Å². The summed E-state index contributed by atoms with van der Waals surface area (Å²) in [5, 5.41) is 2.61. The Kier molecular flexibility index (Phi) is 11.9. The van der Waals surface area contributed by atoms with Crippen LogP contribution >= 0.6 is 11.3 Å². The van der Waals surface area contributed by atoms with Crippen LogP contribution in [0.3, 0.4) is 0 Å². The van der Waals surface area contributed by atoms with E-state index in [2.05, 4.69) is 279 Å². The summed E-state index contributed by atoms with van der Waals surface area (Å²) in [6, 6.07) is 76.3. The van der Waals surface area contributed by atoms with Gasteiger partial charge in [0.15, 0.2) is 11.5 Å². The highest BCUT2D eigenvalue weighted by molar-refractivity contribution is 7.25. The Bertz CT molecular complexity index is 4230. The molecule has 0 radical (unpaired) electrons. The third kappa shape index (κ3) is 8.82. The van der Waals surface area contributed by atoms with E-state index in [9.17, 15) is 0 Å². The summed E-state index contributed by atoms with van der Waals surface area (Å²) < 4.78 is 15.7. The van der Waals surface area contributed by atoms with Crippen molar-refractivity contribution in [1.82, 2.24) is 0 Å². The van der Waals surface area contributed by atoms with E-state index in [0.717, 1.165) is 45.6 Å². The molecular weight excluding hydrogens is 1000 g/mol. The van der Waals surface area contributed by atoms with Gasteiger partial charge >= 0.3 is 0 Å². The molecule has 3 aliphatic rings. The van der Waals surface area contributed by atoms with Crippen LogP contribution in [0.2, 0.25) is 0 Å². The van der Waals surface area contributed by atoms with Crippen molar-refractivity contribution in [1.29, 1.82) is 0 Å². The fraction of sp³-hybridized carbons (Fsp3) is 0.200. The number of hydrogen-bond acceptors (Lipinski definition) is 5. The molecule has 0 saturated heterocycles. The second kappa shape index (κ2) is 18.9. The van der Waals surface area contributed by atoms with Crippen molar-refractivity contribution in [3.8, 4) is 56.0 Å². The van der Waals surface area contributed by atoms with Crippen LogP contribution in [0.25, 0.3) is 64.7 Å². The van der Waals surface area contributed by atoms with Crippen molar-refractivity contribution in [2.75, 3.05) is 23.0 Å². The highest BCUT2D eigenvalue weighted by atomic mass is 32.1. The van der Waals surface area contributed by atoms with Gasteiger partial charge in [0.25, 0.3) is 6.71 Å². The highest BCUT2D eigenvalue weighted by Crippen LogP contribution is 2.51. The summed E-state index contributed by atoms with van der Waals surface area (Å²) in [7, 11) is 0. The smallest absolute Gasteiger partial charge is 0.252 e. The number of ether oxygens (including phenoxy) is 2. The largest absolute Gasteiger partial charge is 0.486 e. The summed E-state index contributed by atoms with van der Waals surface area (Å²) in [6.07, 6.45) is 0. The predicted octanol–water partition coefficient (Wildman–Crippen LogP) is 18.8. The monoisotopic (exact) mass is 1070 g/mol. The summed E-state index contributed by atoms with van der Waals surface area (Å²) >= 11 is 1.87. The number of fused-ring (bicyclic) bond motifs is 8. The maximum Gasteiger partial charge on any atom is 0.252 e. The number of anilines is 6. The van der Waals surface area contributed by atoms with Crippen molar-refractivity contribution in [2.45, 2.75) is 85.5 Å². The van der Waals surface area contributed by atoms with Crippen LogP contribution in [0.1, 0.15) is 84.6 Å². The maximum atomic E-state index is 6.57. The molecule has 81 heavy (non-hydrogen) atoms. The van der Waals surface area contributed by atoms with Crippen molar-refractivity contribution >= 4 is 88.7 Å². The van der Waals surface area contributed by atoms with Gasteiger partial charge in [-0.2, -0.15) is 0 Å². The van der Waals surface area contributed by atoms with Crippen molar-refractivity contribution in [3.05, 3.63) is 222 Å². The molecule has 4 nitrogen and oxygen atoms in total. The maximum absolute atomic E-state index is 6.57. The first-order valence-corrected chi connectivity index (χ1v) is 29.6. The lowest BCUT2D eigenvalue weighted by Crippen LogP contribution is -2.61. The molecule has 0 fully saturated rings. The van der Waals surface area contributed by atoms with E-state index in [1.165, 1.54) is 103 Å². The van der Waals surface area contributed by atoms with E-state index in [0.29, 0.717) is 13.2 Å². The lowest BCUT2D eigenvalue weighted by Gasteiger charge is -2.45. The van der Waals surface area contributed by atoms with Crippen LogP contribution in [0.15, 0.2) is 200 Å². The molecule has 0 bridgehead atoms. The zero-order chi connectivity index (χ0) is 55.7. The molecule has 3 aliphatic heterocycles. The number of thiophene rings is 1. The van der Waals surface area contributed by atoms with Crippen molar-refractivity contribution in [3.63, 3.8) is 0 Å². The molecular formula is C75H67BN2O2S. The molecule has 14 rings (SSSR count). The zero-order valence-electron chi connectivity index (χ0n) is 48.2. The molecule has 0 amide bonds. The molecule has 0 unspecified atom stereocenters. The van der Waals surface area contributed by atoms with Crippen LogP contribution in [-0.4, -0.2) is 19.9 Å². The van der Waals surface area contributed by atoms with Crippen LogP contribution in [-0.2, 0) is 16.2 Å². The van der Waals surface area contributed by atoms with Crippen molar-refractivity contribution in [2.24, 2.45) is 0 Å². The zero-order valence-corrected chi connectivity index (χ0v) is 49.0. The molecule has 11 aromatic rings. The van der Waals surface area contributed by atoms with Gasteiger partial charge < -0.3 is 19.3 Å². The van der Waals surface area contributed by atoms with Gasteiger partial charge in [-0.1, -0.05) is 190 Å². The fourth-order valence-corrected chi connectivity index (χ4v) is 13.9. The van der Waals surface area contributed by atoms with E-state index < -0.39 is 0 Å². The van der Waals surface area contributed by atoms with Gasteiger partial charge in [-0.15, -0.1) is 11.3 Å². The van der Waals surface area contributed by atoms with Gasteiger partial charge in [-0.25, -0.2) is 0 Å². The Balaban J connectivity index is 1.06. The van der Waals surface area contributed by atoms with Crippen LogP contribution in [0.4, 0.5) is 34.1 Å². The Morgan fingerprint density at radius 2 is 0.914 bits per heavy atom. The Labute approximate surface area is 482 Å². The van der Waals surface area contributed by atoms with Crippen molar-refractivity contribution < 1.29 is 9.47 Å². The average molecular weight is 1070 g/mol. The number of benzene rings is 10. The molecule has 0 aliphatic carbocycles. The second-order valence-electron chi connectivity index (χ2n) is 25.7. The molecule has 10 aromatic carbocycles. The first-order valence-electron chi connectivity index (χ1n) is 28.7. The number of rotatable bonds is 6. The quantitative estimate of drug-likeness (QED) is 0.155. The number of hydrogen-bond donors (Lipinski definition) is 0. The van der Waals surface area contributed by atoms with Gasteiger partial charge in [0.05, 0.1) is 5.69 Å². The minimum atomic E-state index is -0.163. The Morgan fingerprint density at radius 3 is 1.57 bits per heavy atom. The SMILES string of the molecule is Cc1cc2c3c(c1)N(c1ccc(C(C)(C)C)cc1-c1ccccc1)c1cc4c(cc1B3c1cc(-c3ccc5c(c3)sc3ccccc35)ccc1N2c1cc(-c2ccc(C(C)(C)C)cc2)cc(-c2ccc(C(C)(C)C)cc2)c1)OCCO4. The van der Waals surface area contributed by atoms with E-state index >= 15 is 0 Å². The van der Waals surface area contributed by atoms with Gasteiger partial charge in [-0.3, -0.25) is 0 Å². The summed E-state index contributed by atoms with van der Waals surface area (Å²) in [4.78, 5) is 5.13. The normalized spacial score (nSPS) is 13.8. The Hall–Kier alpha value is -8.32. The summed E-state index contributed by atoms with van der Waals surface area (Å²) in [5.41, 5.74) is 25.0. The lowest BCUT2D eigenvalue weighted by atomic mass is 9.33. The minimum Gasteiger partial charge on any atom is -0.486 e. The predicted molar refractivity (Wildman–Crippen MR) is 347 cm³/mol. The fourth-order valence-electron chi connectivity index (χ4n) is 12.7. The third-order valence-electron chi connectivity index (χ3n) is 17.1. The highest BCUT2D eigenvalue weighted by Gasteiger charge is 2.45. The van der Waals surface area contributed by atoms with Gasteiger partial charge in [-0.05, 0) is 167 Å². The summed E-state index contributed by atoms with van der Waals surface area (Å²) in [5.74, 6) is 1.55. The average Bonchev–Trinajstić information content (AvgIpc) is 4.01. The second-order valence-corrected chi connectivity index (χ2v) is 26.8. The van der Waals surface area contributed by atoms with Gasteiger partial charge in [0.1, 0.15) is 13.2 Å². The third-order valence-corrected chi connectivity index (χ3v) is 18.3. The minimum absolute atomic E-state index is 0.0303. The van der Waals surface area contributed by atoms with Crippen LogP contribution in [0.5, 0.6) is 11.5 Å². The molecule has 0 spiro atoms. The first kappa shape index (κ1) is 50.9. The molecule has 4 heterocycles. The standard InChI is InChI=1S/C75H67BN2O2S/c1-46-36-66-72-67(37-46)78(63-33-30-56(75(8,9)10)43-60(63)49-16-12-11-13-17-49)65-45-69-68(79-34-35-80-69)44-62(65)76(72)61-41-50(51-24-31-59-58-18-14-15-19-70(58)81-71(59)42-51)25-32-64(61)77(66)57-39-52(47-20-26-54(27-21-47)73(2,3)4)38-53(40-57)48-22-28-55(29-23-48)74(5,6)7/h11-33,36-45H,34-35H2,1-10H3. The first-order chi connectivity index (χ1) is 38.9. The Morgan fingerprint density at radius 1 is 0.383 bits per heavy atom. The van der Waals surface area contributed by atoms with E-state index in [1.54, 1.807) is 0 Å². The van der Waals surface area contributed by atoms with Gasteiger partial charge in [0, 0.05) is 60.2 Å². The molecule has 1 aromatic heterocycles.